The van der Waals surface area contributed by atoms with E-state index >= 15 is 0 Å². The molecule has 0 spiro atoms. The number of anilines is 2. The topological polar surface area (TPSA) is 79.1 Å². The minimum absolute atomic E-state index is 0.226. The molecule has 0 saturated carbocycles. The smallest absolute Gasteiger partial charge is 0.357 e. The van der Waals surface area contributed by atoms with E-state index in [1.807, 2.05) is 37.1 Å². The molecule has 2 aromatic heterocycles. The number of carbonyl (C=O) groups excluding carboxylic acids is 1. The summed E-state index contributed by atoms with van der Waals surface area (Å²) in [5.74, 6) is -0.862. The molecule has 9 heteroatoms. The van der Waals surface area contributed by atoms with Crippen molar-refractivity contribution in [2.75, 3.05) is 18.6 Å². The highest BCUT2D eigenvalue weighted by Gasteiger charge is 2.24. The number of ether oxygens (including phenoxy) is 1. The molecule has 0 radical (unpaired) electrons. The van der Waals surface area contributed by atoms with Crippen LogP contribution < -0.4 is 4.90 Å². The van der Waals surface area contributed by atoms with Crippen LogP contribution in [0, 0.1) is 24.1 Å². The van der Waals surface area contributed by atoms with Crippen molar-refractivity contribution in [2.45, 2.75) is 13.8 Å². The third-order valence-corrected chi connectivity index (χ3v) is 6.61. The summed E-state index contributed by atoms with van der Waals surface area (Å²) in [5, 5.41) is 11.1. The second-order valence-electron chi connectivity index (χ2n) is 7.17. The number of benzene rings is 2. The molecule has 0 saturated heterocycles. The molecular formula is C24H18BrFN4O2S. The predicted molar refractivity (Wildman–Crippen MR) is 130 cm³/mol. The van der Waals surface area contributed by atoms with Gasteiger partial charge in [-0.3, -0.25) is 0 Å². The molecule has 2 heterocycles. The van der Waals surface area contributed by atoms with E-state index in [1.54, 1.807) is 19.1 Å². The van der Waals surface area contributed by atoms with E-state index in [2.05, 4.69) is 32.0 Å². The van der Waals surface area contributed by atoms with Gasteiger partial charge in [0.25, 0.3) is 0 Å². The van der Waals surface area contributed by atoms with Gasteiger partial charge in [0, 0.05) is 28.0 Å². The van der Waals surface area contributed by atoms with Gasteiger partial charge in [-0.15, -0.1) is 0 Å². The first-order chi connectivity index (χ1) is 15.8. The molecule has 0 atom stereocenters. The first-order valence-corrected chi connectivity index (χ1v) is 11.6. The van der Waals surface area contributed by atoms with Crippen molar-refractivity contribution >= 4 is 55.0 Å². The van der Waals surface area contributed by atoms with Crippen LogP contribution in [-0.2, 0) is 4.74 Å². The average Bonchev–Trinajstić information content (AvgIpc) is 3.23. The molecule has 4 aromatic rings. The number of hydrogen-bond acceptors (Lipinski definition) is 7. The van der Waals surface area contributed by atoms with Crippen LogP contribution in [-0.4, -0.2) is 29.6 Å². The molecule has 0 aliphatic carbocycles. The summed E-state index contributed by atoms with van der Waals surface area (Å²) >= 11 is 4.73. The van der Waals surface area contributed by atoms with E-state index in [-0.39, 0.29) is 18.1 Å². The number of nitrogens with zero attached hydrogens (tertiary/aromatic N) is 4. The zero-order chi connectivity index (χ0) is 23.7. The first-order valence-electron chi connectivity index (χ1n) is 10.0. The third kappa shape index (κ3) is 4.32. The second-order valence-corrected chi connectivity index (χ2v) is 9.06. The minimum Gasteiger partial charge on any atom is -0.461 e. The molecule has 4 rings (SSSR count). The average molecular weight is 525 g/mol. The molecule has 0 N–H and O–H groups in total. The fourth-order valence-electron chi connectivity index (χ4n) is 3.57. The molecule has 6 nitrogen and oxygen atoms in total. The summed E-state index contributed by atoms with van der Waals surface area (Å²) in [6.45, 7) is 3.79. The van der Waals surface area contributed by atoms with Gasteiger partial charge in [0.2, 0.25) is 0 Å². The van der Waals surface area contributed by atoms with Gasteiger partial charge in [-0.25, -0.2) is 19.2 Å². The number of halogens is 2. The number of hydrogen-bond donors (Lipinski definition) is 0. The van der Waals surface area contributed by atoms with Crippen LogP contribution in [0.4, 0.5) is 15.2 Å². The monoisotopic (exact) mass is 524 g/mol. The van der Waals surface area contributed by atoms with Crippen LogP contribution in [0.25, 0.3) is 22.2 Å². The zero-order valence-electron chi connectivity index (χ0n) is 18.0. The maximum atomic E-state index is 13.4. The summed E-state index contributed by atoms with van der Waals surface area (Å²) < 4.78 is 19.5. The number of pyridine rings is 1. The number of carbonyl (C=O) groups is 1. The molecule has 166 valence electrons. The lowest BCUT2D eigenvalue weighted by molar-refractivity contribution is 0.0519. The number of aromatic nitrogens is 2. The molecule has 0 fully saturated rings. The van der Waals surface area contributed by atoms with E-state index in [1.165, 1.54) is 23.5 Å². The summed E-state index contributed by atoms with van der Waals surface area (Å²) in [6.07, 6.45) is 0. The zero-order valence-corrected chi connectivity index (χ0v) is 20.4. The standard InChI is InChI=1S/C24H18BrFN4O2S/c1-4-32-23(31)20-13(2)22(17-11-15(25)7-10-18(17)28-20)30(3)24-29-21(19(12-27)33-24)14-5-8-16(26)9-6-14/h5-11H,4H2,1-3H3. The fraction of sp³-hybridized carbons (Fsp3) is 0.167. The Hall–Kier alpha value is -3.35. The lowest BCUT2D eigenvalue weighted by atomic mass is 10.1. The summed E-state index contributed by atoms with van der Waals surface area (Å²) in [7, 11) is 1.83. The van der Waals surface area contributed by atoms with Crippen molar-refractivity contribution in [1.29, 1.82) is 5.26 Å². The van der Waals surface area contributed by atoms with Crippen LogP contribution in [0.15, 0.2) is 46.9 Å². The molecule has 0 aliphatic heterocycles. The Labute approximate surface area is 202 Å². The van der Waals surface area contributed by atoms with E-state index in [4.69, 9.17) is 4.74 Å². The highest BCUT2D eigenvalue weighted by Crippen LogP contribution is 2.40. The Morgan fingerprint density at radius 1 is 1.24 bits per heavy atom. The first kappa shape index (κ1) is 22.8. The Balaban J connectivity index is 1.91. The highest BCUT2D eigenvalue weighted by molar-refractivity contribution is 9.10. The van der Waals surface area contributed by atoms with Gasteiger partial charge in [-0.2, -0.15) is 5.26 Å². The maximum absolute atomic E-state index is 13.4. The highest BCUT2D eigenvalue weighted by atomic mass is 79.9. The maximum Gasteiger partial charge on any atom is 0.357 e. The van der Waals surface area contributed by atoms with Gasteiger partial charge in [0.05, 0.1) is 17.8 Å². The van der Waals surface area contributed by atoms with Gasteiger partial charge in [-0.1, -0.05) is 27.3 Å². The molecule has 2 aromatic carbocycles. The van der Waals surface area contributed by atoms with E-state index in [0.29, 0.717) is 32.3 Å². The second kappa shape index (κ2) is 9.25. The number of nitriles is 1. The third-order valence-electron chi connectivity index (χ3n) is 5.08. The normalized spacial score (nSPS) is 10.8. The molecule has 0 amide bonds. The Kier molecular flexibility index (Phi) is 6.40. The van der Waals surface area contributed by atoms with Gasteiger partial charge >= 0.3 is 5.97 Å². The van der Waals surface area contributed by atoms with Crippen molar-refractivity contribution in [3.8, 4) is 17.3 Å². The molecule has 0 aliphatic rings. The Morgan fingerprint density at radius 3 is 2.64 bits per heavy atom. The molecule has 0 unspecified atom stereocenters. The van der Waals surface area contributed by atoms with Crippen LogP contribution in [0.2, 0.25) is 0 Å². The molecular weight excluding hydrogens is 507 g/mol. The number of esters is 1. The van der Waals surface area contributed by atoms with Crippen molar-refractivity contribution < 1.29 is 13.9 Å². The fourth-order valence-corrected chi connectivity index (χ4v) is 4.79. The Bertz CT molecular complexity index is 1410. The van der Waals surface area contributed by atoms with Gasteiger partial charge in [-0.05, 0) is 56.3 Å². The quantitative estimate of drug-likeness (QED) is 0.281. The minimum atomic E-state index is -0.502. The van der Waals surface area contributed by atoms with Crippen LogP contribution in [0.5, 0.6) is 0 Å². The lowest BCUT2D eigenvalue weighted by Crippen LogP contribution is -2.16. The predicted octanol–water partition coefficient (Wildman–Crippen LogP) is 6.38. The summed E-state index contributed by atoms with van der Waals surface area (Å²) in [4.78, 5) is 24.1. The number of fused-ring (bicyclic) bond motifs is 1. The van der Waals surface area contributed by atoms with Crippen LogP contribution >= 0.6 is 27.3 Å². The van der Waals surface area contributed by atoms with Gasteiger partial charge in [0.1, 0.15) is 22.5 Å². The lowest BCUT2D eigenvalue weighted by Gasteiger charge is -2.22. The van der Waals surface area contributed by atoms with Crippen molar-refractivity contribution in [3.63, 3.8) is 0 Å². The summed E-state index contributed by atoms with van der Waals surface area (Å²) in [6, 6.07) is 13.7. The SMILES string of the molecule is CCOC(=O)c1nc2ccc(Br)cc2c(N(C)c2nc(-c3ccc(F)cc3)c(C#N)s2)c1C. The largest absolute Gasteiger partial charge is 0.461 e. The summed E-state index contributed by atoms with van der Waals surface area (Å²) in [5.41, 5.74) is 3.35. The van der Waals surface area contributed by atoms with Crippen LogP contribution in [0.3, 0.4) is 0 Å². The Morgan fingerprint density at radius 2 is 1.97 bits per heavy atom. The molecule has 33 heavy (non-hydrogen) atoms. The van der Waals surface area contributed by atoms with Crippen molar-refractivity contribution in [3.05, 3.63) is 68.9 Å². The van der Waals surface area contributed by atoms with E-state index in [0.717, 1.165) is 15.5 Å². The van der Waals surface area contributed by atoms with E-state index < -0.39 is 5.97 Å². The number of rotatable bonds is 5. The number of thiazole rings is 1. The van der Waals surface area contributed by atoms with Crippen molar-refractivity contribution in [1.82, 2.24) is 9.97 Å². The van der Waals surface area contributed by atoms with Crippen molar-refractivity contribution in [2.24, 2.45) is 0 Å². The molecule has 0 bridgehead atoms. The van der Waals surface area contributed by atoms with Gasteiger partial charge in [0.15, 0.2) is 10.8 Å². The van der Waals surface area contributed by atoms with Gasteiger partial charge < -0.3 is 9.64 Å². The van der Waals surface area contributed by atoms with Crippen LogP contribution in [0.1, 0.15) is 27.9 Å². The van der Waals surface area contributed by atoms with E-state index in [9.17, 15) is 14.4 Å².